The first-order valence-electron chi connectivity index (χ1n) is 10.9. The SMILES string of the molecule is CN=C(NCCC(c1ccccc1)c1ccccc1)NC1CCN(C(=O)C(C)C)C1.I. The van der Waals surface area contributed by atoms with Crippen LogP contribution < -0.4 is 10.6 Å². The number of carbonyl (C=O) groups is 1. The van der Waals surface area contributed by atoms with Crippen molar-refractivity contribution in [2.24, 2.45) is 10.9 Å². The Morgan fingerprint density at radius 2 is 1.65 bits per heavy atom. The van der Waals surface area contributed by atoms with Crippen LogP contribution in [0, 0.1) is 5.92 Å². The zero-order valence-corrected chi connectivity index (χ0v) is 21.1. The van der Waals surface area contributed by atoms with Crippen molar-refractivity contribution in [3.05, 3.63) is 71.8 Å². The number of benzene rings is 2. The third-order valence-corrected chi connectivity index (χ3v) is 5.69. The Labute approximate surface area is 203 Å². The van der Waals surface area contributed by atoms with Crippen LogP contribution in [0.1, 0.15) is 43.7 Å². The fraction of sp³-hybridized carbons (Fsp3) is 0.440. The smallest absolute Gasteiger partial charge is 0.225 e. The van der Waals surface area contributed by atoms with Crippen molar-refractivity contribution in [1.82, 2.24) is 15.5 Å². The van der Waals surface area contributed by atoms with Crippen molar-refractivity contribution in [3.8, 4) is 0 Å². The molecule has 1 aliphatic heterocycles. The van der Waals surface area contributed by atoms with Crippen molar-refractivity contribution in [2.75, 3.05) is 26.7 Å². The summed E-state index contributed by atoms with van der Waals surface area (Å²) < 4.78 is 0. The topological polar surface area (TPSA) is 56.7 Å². The van der Waals surface area contributed by atoms with Gasteiger partial charge in [0.25, 0.3) is 0 Å². The van der Waals surface area contributed by atoms with E-state index < -0.39 is 0 Å². The van der Waals surface area contributed by atoms with E-state index in [-0.39, 0.29) is 41.8 Å². The molecule has 0 saturated carbocycles. The Hall–Kier alpha value is -2.09. The van der Waals surface area contributed by atoms with Crippen molar-refractivity contribution in [2.45, 2.75) is 38.6 Å². The minimum absolute atomic E-state index is 0. The summed E-state index contributed by atoms with van der Waals surface area (Å²) in [7, 11) is 1.80. The van der Waals surface area contributed by atoms with Gasteiger partial charge in [0, 0.05) is 44.6 Å². The summed E-state index contributed by atoms with van der Waals surface area (Å²) in [4.78, 5) is 18.6. The average Bonchev–Trinajstić information content (AvgIpc) is 3.25. The Kier molecular flexibility index (Phi) is 10.3. The molecule has 6 heteroatoms. The second kappa shape index (κ2) is 12.7. The minimum Gasteiger partial charge on any atom is -0.356 e. The van der Waals surface area contributed by atoms with Crippen LogP contribution in [0.5, 0.6) is 0 Å². The molecule has 2 aromatic rings. The molecule has 3 rings (SSSR count). The van der Waals surface area contributed by atoms with Crippen LogP contribution in [0.3, 0.4) is 0 Å². The van der Waals surface area contributed by atoms with Gasteiger partial charge in [0.15, 0.2) is 5.96 Å². The first-order valence-corrected chi connectivity index (χ1v) is 10.9. The summed E-state index contributed by atoms with van der Waals surface area (Å²) in [5, 5.41) is 6.96. The largest absolute Gasteiger partial charge is 0.356 e. The van der Waals surface area contributed by atoms with E-state index in [0.717, 1.165) is 38.4 Å². The normalized spacial score (nSPS) is 16.4. The van der Waals surface area contributed by atoms with Gasteiger partial charge in [0.05, 0.1) is 0 Å². The number of likely N-dealkylation sites (tertiary alicyclic amines) is 1. The molecule has 0 aromatic heterocycles. The van der Waals surface area contributed by atoms with Crippen molar-refractivity contribution in [3.63, 3.8) is 0 Å². The summed E-state index contributed by atoms with van der Waals surface area (Å²) in [6.45, 7) is 6.29. The lowest BCUT2D eigenvalue weighted by atomic mass is 9.88. The first kappa shape index (κ1) is 25.2. The van der Waals surface area contributed by atoms with E-state index in [0.29, 0.717) is 5.92 Å². The van der Waals surface area contributed by atoms with E-state index in [1.165, 1.54) is 11.1 Å². The fourth-order valence-electron chi connectivity index (χ4n) is 4.06. The van der Waals surface area contributed by atoms with Crippen LogP contribution in [-0.4, -0.2) is 49.5 Å². The molecule has 1 aliphatic rings. The maximum absolute atomic E-state index is 12.2. The maximum Gasteiger partial charge on any atom is 0.225 e. The van der Waals surface area contributed by atoms with Crippen LogP contribution in [0.25, 0.3) is 0 Å². The molecule has 1 fully saturated rings. The molecule has 0 radical (unpaired) electrons. The maximum atomic E-state index is 12.2. The molecule has 168 valence electrons. The number of rotatable bonds is 7. The van der Waals surface area contributed by atoms with Gasteiger partial charge in [0.2, 0.25) is 5.91 Å². The summed E-state index contributed by atoms with van der Waals surface area (Å²) >= 11 is 0. The van der Waals surface area contributed by atoms with Gasteiger partial charge in [-0.2, -0.15) is 0 Å². The van der Waals surface area contributed by atoms with Crippen molar-refractivity contribution in [1.29, 1.82) is 0 Å². The van der Waals surface area contributed by atoms with Crippen LogP contribution in [0.4, 0.5) is 0 Å². The number of halogens is 1. The van der Waals surface area contributed by atoms with Gasteiger partial charge in [0.1, 0.15) is 0 Å². The van der Waals surface area contributed by atoms with E-state index in [4.69, 9.17) is 0 Å². The van der Waals surface area contributed by atoms with E-state index in [1.807, 2.05) is 18.7 Å². The number of carbonyl (C=O) groups excluding carboxylic acids is 1. The zero-order valence-electron chi connectivity index (χ0n) is 18.8. The highest BCUT2D eigenvalue weighted by molar-refractivity contribution is 14.0. The number of nitrogens with zero attached hydrogens (tertiary/aromatic N) is 2. The van der Waals surface area contributed by atoms with Gasteiger partial charge in [-0.3, -0.25) is 9.79 Å². The Morgan fingerprint density at radius 1 is 1.06 bits per heavy atom. The quantitative estimate of drug-likeness (QED) is 0.318. The molecule has 1 heterocycles. The molecule has 1 saturated heterocycles. The number of aliphatic imine (C=N–C) groups is 1. The Bertz CT molecular complexity index is 786. The van der Waals surface area contributed by atoms with E-state index >= 15 is 0 Å². The van der Waals surface area contributed by atoms with Gasteiger partial charge in [-0.25, -0.2) is 0 Å². The van der Waals surface area contributed by atoms with Gasteiger partial charge < -0.3 is 15.5 Å². The average molecular weight is 534 g/mol. The molecule has 1 atom stereocenters. The molecule has 1 amide bonds. The standard InChI is InChI=1S/C25H34N4O.HI/c1-19(2)24(30)29-17-15-22(18-29)28-25(26-3)27-16-14-23(20-10-6-4-7-11-20)21-12-8-5-9-13-21;/h4-13,19,22-23H,14-18H2,1-3H3,(H2,26,27,28);1H. The number of hydrogen-bond donors (Lipinski definition) is 2. The lowest BCUT2D eigenvalue weighted by Crippen LogP contribution is -2.45. The third kappa shape index (κ3) is 7.23. The molecule has 2 aromatic carbocycles. The van der Waals surface area contributed by atoms with Crippen LogP contribution >= 0.6 is 24.0 Å². The molecule has 1 unspecified atom stereocenters. The summed E-state index contributed by atoms with van der Waals surface area (Å²) in [6, 6.07) is 21.6. The van der Waals surface area contributed by atoms with Crippen LogP contribution in [0.15, 0.2) is 65.7 Å². The molecule has 0 spiro atoms. The van der Waals surface area contributed by atoms with Crippen LogP contribution in [0.2, 0.25) is 0 Å². The Morgan fingerprint density at radius 3 is 2.16 bits per heavy atom. The predicted octanol–water partition coefficient (Wildman–Crippen LogP) is 4.25. The van der Waals surface area contributed by atoms with Crippen LogP contribution in [-0.2, 0) is 4.79 Å². The molecule has 2 N–H and O–H groups in total. The van der Waals surface area contributed by atoms with E-state index in [2.05, 4.69) is 76.3 Å². The van der Waals surface area contributed by atoms with Crippen molar-refractivity contribution < 1.29 is 4.79 Å². The van der Waals surface area contributed by atoms with Gasteiger partial charge in [-0.05, 0) is 24.0 Å². The lowest BCUT2D eigenvalue weighted by Gasteiger charge is -2.22. The summed E-state index contributed by atoms with van der Waals surface area (Å²) in [5.74, 6) is 1.42. The van der Waals surface area contributed by atoms with E-state index in [1.54, 1.807) is 7.05 Å². The lowest BCUT2D eigenvalue weighted by molar-refractivity contribution is -0.133. The third-order valence-electron chi connectivity index (χ3n) is 5.69. The number of hydrogen-bond acceptors (Lipinski definition) is 2. The highest BCUT2D eigenvalue weighted by atomic mass is 127. The number of nitrogens with one attached hydrogen (secondary N) is 2. The molecular formula is C25H35IN4O. The first-order chi connectivity index (χ1) is 14.6. The highest BCUT2D eigenvalue weighted by Gasteiger charge is 2.28. The second-order valence-electron chi connectivity index (χ2n) is 8.23. The summed E-state index contributed by atoms with van der Waals surface area (Å²) in [5.41, 5.74) is 2.65. The molecular weight excluding hydrogens is 499 g/mol. The van der Waals surface area contributed by atoms with Gasteiger partial charge in [-0.1, -0.05) is 74.5 Å². The van der Waals surface area contributed by atoms with E-state index in [9.17, 15) is 4.79 Å². The number of amides is 1. The fourth-order valence-corrected chi connectivity index (χ4v) is 4.06. The summed E-state index contributed by atoms with van der Waals surface area (Å²) in [6.07, 6.45) is 1.92. The van der Waals surface area contributed by atoms with Gasteiger partial charge in [-0.15, -0.1) is 24.0 Å². The van der Waals surface area contributed by atoms with Crippen molar-refractivity contribution >= 4 is 35.8 Å². The molecule has 0 bridgehead atoms. The molecule has 0 aliphatic carbocycles. The number of guanidine groups is 1. The monoisotopic (exact) mass is 534 g/mol. The minimum atomic E-state index is 0. The Balaban J connectivity index is 0.00000341. The van der Waals surface area contributed by atoms with Gasteiger partial charge >= 0.3 is 0 Å². The highest BCUT2D eigenvalue weighted by Crippen LogP contribution is 2.27. The molecule has 31 heavy (non-hydrogen) atoms. The second-order valence-corrected chi connectivity index (χ2v) is 8.23. The predicted molar refractivity (Wildman–Crippen MR) is 139 cm³/mol. The molecule has 5 nitrogen and oxygen atoms in total. The zero-order chi connectivity index (χ0) is 21.3.